The lowest BCUT2D eigenvalue weighted by Crippen LogP contribution is -2.15. The van der Waals surface area contributed by atoms with E-state index in [0.29, 0.717) is 14.4 Å². The highest BCUT2D eigenvalue weighted by Gasteiger charge is 2.12. The van der Waals surface area contributed by atoms with E-state index in [2.05, 4.69) is 33.6 Å². The number of terminal acetylenes is 1. The molecule has 66 valence electrons. The van der Waals surface area contributed by atoms with Crippen LogP contribution in [0.2, 0.25) is 0 Å². The summed E-state index contributed by atoms with van der Waals surface area (Å²) in [6.07, 6.45) is 6.01. The Hall–Kier alpha value is -0.0600. The molecule has 3 heteroatoms. The highest BCUT2D eigenvalue weighted by molar-refractivity contribution is 8.00. The van der Waals surface area contributed by atoms with Crippen molar-refractivity contribution in [2.75, 3.05) is 0 Å². The number of hydrogen-bond donors (Lipinski definition) is 0. The summed E-state index contributed by atoms with van der Waals surface area (Å²) in [6, 6.07) is 0. The van der Waals surface area contributed by atoms with Crippen LogP contribution in [0.4, 0.5) is 0 Å². The first-order valence-electron chi connectivity index (χ1n) is 3.73. The largest absolute Gasteiger partial charge is 0.342 e. The summed E-state index contributed by atoms with van der Waals surface area (Å²) in [5, 5.41) is 0. The normalized spacial score (nSPS) is 14.8. The second kappa shape index (κ2) is 7.58. The van der Waals surface area contributed by atoms with Gasteiger partial charge >= 0.3 is 0 Å². The molecule has 4 atom stereocenters. The fourth-order valence-electron chi connectivity index (χ4n) is 0.758. The number of rotatable bonds is 4. The zero-order valence-electron chi connectivity index (χ0n) is 7.42. The third-order valence-corrected chi connectivity index (χ3v) is 2.28. The first-order chi connectivity index (χ1) is 5.76. The van der Waals surface area contributed by atoms with Crippen LogP contribution >= 0.6 is 17.4 Å². The minimum atomic E-state index is -0.0957. The van der Waals surface area contributed by atoms with Crippen molar-refractivity contribution in [3.8, 4) is 24.2 Å². The van der Waals surface area contributed by atoms with Crippen LogP contribution in [0.1, 0.15) is 20.3 Å². The van der Waals surface area contributed by atoms with Crippen LogP contribution in [0.5, 0.6) is 0 Å². The van der Waals surface area contributed by atoms with E-state index < -0.39 is 0 Å². The summed E-state index contributed by atoms with van der Waals surface area (Å²) in [7, 11) is 2.89. The molecule has 0 N–H and O–H groups in total. The summed E-state index contributed by atoms with van der Waals surface area (Å²) in [5.74, 6) is 8.77. The van der Waals surface area contributed by atoms with Crippen LogP contribution in [0.15, 0.2) is 0 Å². The predicted octanol–water partition coefficient (Wildman–Crippen LogP) is 2.44. The van der Waals surface area contributed by atoms with Gasteiger partial charge in [-0.15, -0.1) is 18.3 Å². The van der Waals surface area contributed by atoms with Gasteiger partial charge in [0.25, 0.3) is 0 Å². The molecule has 1 nitrogen and oxygen atoms in total. The van der Waals surface area contributed by atoms with Gasteiger partial charge in [-0.1, -0.05) is 21.8 Å². The predicted molar refractivity (Wildman–Crippen MR) is 59.0 cm³/mol. The first kappa shape index (κ1) is 11.9. The van der Waals surface area contributed by atoms with E-state index in [0.717, 1.165) is 6.42 Å². The smallest absolute Gasteiger partial charge is 0.125 e. The van der Waals surface area contributed by atoms with Crippen molar-refractivity contribution in [2.45, 2.75) is 26.4 Å². The van der Waals surface area contributed by atoms with Crippen LogP contribution in [0.3, 0.4) is 0 Å². The Kier molecular flexibility index (Phi) is 7.54. The van der Waals surface area contributed by atoms with Gasteiger partial charge in [-0.25, -0.2) is 0 Å². The van der Waals surface area contributed by atoms with Crippen molar-refractivity contribution >= 4 is 17.4 Å². The minimum Gasteiger partial charge on any atom is -0.342 e. The van der Waals surface area contributed by atoms with Crippen LogP contribution in [-0.4, -0.2) is 6.10 Å². The fraction of sp³-hybridized carbons (Fsp3) is 0.556. The second-order valence-corrected chi connectivity index (χ2v) is 3.61. The lowest BCUT2D eigenvalue weighted by atomic mass is 10.0. The van der Waals surface area contributed by atoms with Crippen LogP contribution in [0, 0.1) is 30.1 Å². The van der Waals surface area contributed by atoms with Crippen molar-refractivity contribution in [1.29, 1.82) is 0 Å². The molecule has 2 unspecified atom stereocenters. The Labute approximate surface area is 79.0 Å². The molecule has 0 bridgehead atoms. The van der Waals surface area contributed by atoms with Crippen LogP contribution < -0.4 is 0 Å². The van der Waals surface area contributed by atoms with Gasteiger partial charge in [0.1, 0.15) is 6.10 Å². The van der Waals surface area contributed by atoms with E-state index in [1.165, 1.54) is 0 Å². The lowest BCUT2D eigenvalue weighted by molar-refractivity contribution is 0.232. The maximum Gasteiger partial charge on any atom is 0.125 e. The molecule has 0 aliphatic rings. The summed E-state index contributed by atoms with van der Waals surface area (Å²) in [5.41, 5.74) is 0. The molecule has 0 aromatic carbocycles. The van der Waals surface area contributed by atoms with E-state index in [9.17, 15) is 0 Å². The summed E-state index contributed by atoms with van der Waals surface area (Å²) in [6.45, 7) is 3.88. The van der Waals surface area contributed by atoms with Gasteiger partial charge in [-0.05, 0) is 6.92 Å². The Morgan fingerprint density at radius 2 is 2.33 bits per heavy atom. The summed E-state index contributed by atoms with van der Waals surface area (Å²) >= 11 is 0. The van der Waals surface area contributed by atoms with E-state index >= 15 is 0 Å². The Morgan fingerprint density at radius 1 is 1.67 bits per heavy atom. The van der Waals surface area contributed by atoms with Crippen LogP contribution in [-0.2, 0) is 4.52 Å². The van der Waals surface area contributed by atoms with E-state index in [1.807, 2.05) is 6.92 Å². The molecule has 0 aliphatic heterocycles. The molecule has 12 heavy (non-hydrogen) atoms. The van der Waals surface area contributed by atoms with Crippen molar-refractivity contribution in [1.82, 2.24) is 0 Å². The molecule has 0 heterocycles. The van der Waals surface area contributed by atoms with Gasteiger partial charge in [0.05, 0.1) is 0 Å². The molecule has 0 amide bonds. The minimum absolute atomic E-state index is 0.0957. The van der Waals surface area contributed by atoms with Gasteiger partial charge in [0.15, 0.2) is 0 Å². The molecular weight excluding hydrogens is 186 g/mol. The molecule has 0 aromatic rings. The molecule has 0 aliphatic carbocycles. The summed E-state index contributed by atoms with van der Waals surface area (Å²) in [4.78, 5) is 0. The third kappa shape index (κ3) is 4.74. The highest BCUT2D eigenvalue weighted by atomic mass is 32.0. The Balaban J connectivity index is 3.92. The lowest BCUT2D eigenvalue weighted by Gasteiger charge is -2.15. The van der Waals surface area contributed by atoms with Crippen molar-refractivity contribution in [2.24, 2.45) is 5.92 Å². The zero-order chi connectivity index (χ0) is 9.40. The highest BCUT2D eigenvalue weighted by Crippen LogP contribution is 2.27. The average molecular weight is 200 g/mol. The molecular formula is C9H14OP2. The van der Waals surface area contributed by atoms with Gasteiger partial charge in [0.2, 0.25) is 0 Å². The maximum atomic E-state index is 5.34. The molecule has 0 spiro atoms. The van der Waals surface area contributed by atoms with Gasteiger partial charge in [-0.3, -0.25) is 0 Å². The third-order valence-electron chi connectivity index (χ3n) is 1.48. The standard InChI is InChI=1S/C9H14OP2/c1-4-6-7-8(3)9(5-2)10-12-11/h2,8-9,12H,7,11H2,1,3H3/t8-,9+/m0/s1. The molecule has 0 saturated heterocycles. The average Bonchev–Trinajstić information content (AvgIpc) is 2.10. The Morgan fingerprint density at radius 3 is 2.75 bits per heavy atom. The summed E-state index contributed by atoms with van der Waals surface area (Å²) < 4.78 is 5.34. The quantitative estimate of drug-likeness (QED) is 0.500. The van der Waals surface area contributed by atoms with Crippen molar-refractivity contribution in [3.05, 3.63) is 0 Å². The molecule has 0 rings (SSSR count). The van der Waals surface area contributed by atoms with Crippen molar-refractivity contribution < 1.29 is 4.52 Å². The first-order valence-corrected chi connectivity index (χ1v) is 6.45. The number of hydrogen-bond acceptors (Lipinski definition) is 1. The molecule has 0 radical (unpaired) electrons. The molecule has 0 saturated carbocycles. The zero-order valence-corrected chi connectivity index (χ0v) is 9.58. The fourth-order valence-corrected chi connectivity index (χ4v) is 1.64. The topological polar surface area (TPSA) is 9.23 Å². The molecule has 0 aromatic heterocycles. The SMILES string of the molecule is C#C[C@@H](OPP)[C@@H](C)CC#CC. The van der Waals surface area contributed by atoms with Crippen molar-refractivity contribution in [3.63, 3.8) is 0 Å². The second-order valence-electron chi connectivity index (χ2n) is 2.43. The molecule has 0 fully saturated rings. The Bertz CT molecular complexity index is 209. The van der Waals surface area contributed by atoms with Crippen LogP contribution in [0.25, 0.3) is 0 Å². The maximum absolute atomic E-state index is 5.34. The van der Waals surface area contributed by atoms with E-state index in [1.54, 1.807) is 0 Å². The van der Waals surface area contributed by atoms with Gasteiger partial charge in [0, 0.05) is 20.8 Å². The van der Waals surface area contributed by atoms with Gasteiger partial charge in [-0.2, -0.15) is 0 Å². The monoisotopic (exact) mass is 200 g/mol. The van der Waals surface area contributed by atoms with Gasteiger partial charge < -0.3 is 4.52 Å². The van der Waals surface area contributed by atoms with E-state index in [4.69, 9.17) is 10.9 Å². The van der Waals surface area contributed by atoms with E-state index in [-0.39, 0.29) is 6.10 Å².